The summed E-state index contributed by atoms with van der Waals surface area (Å²) < 4.78 is 0. The number of hydrogen-bond acceptors (Lipinski definition) is 3. The zero-order chi connectivity index (χ0) is 13.4. The van der Waals surface area contributed by atoms with Gasteiger partial charge >= 0.3 is 0 Å². The summed E-state index contributed by atoms with van der Waals surface area (Å²) in [6.45, 7) is 0. The van der Waals surface area contributed by atoms with E-state index in [1.165, 1.54) is 21.9 Å². The van der Waals surface area contributed by atoms with E-state index >= 15 is 0 Å². The van der Waals surface area contributed by atoms with Crippen LogP contribution >= 0.6 is 0 Å². The van der Waals surface area contributed by atoms with Gasteiger partial charge in [-0.1, -0.05) is 60.7 Å². The normalized spacial score (nSPS) is 19.9. The molecule has 0 amide bonds. The van der Waals surface area contributed by atoms with Crippen LogP contribution in [0.4, 0.5) is 0 Å². The van der Waals surface area contributed by atoms with Crippen LogP contribution in [0.25, 0.3) is 10.8 Å². The van der Waals surface area contributed by atoms with Crippen molar-refractivity contribution in [2.75, 3.05) is 0 Å². The van der Waals surface area contributed by atoms with Gasteiger partial charge in [-0.3, -0.25) is 0 Å². The summed E-state index contributed by atoms with van der Waals surface area (Å²) in [5.41, 5.74) is 3.51. The second-order valence-electron chi connectivity index (χ2n) is 5.03. The molecule has 0 saturated heterocycles. The van der Waals surface area contributed by atoms with E-state index < -0.39 is 0 Å². The average molecular weight is 259 g/mol. The maximum absolute atomic E-state index is 4.17. The summed E-state index contributed by atoms with van der Waals surface area (Å²) in [5, 5.41) is 14.7. The summed E-state index contributed by atoms with van der Waals surface area (Å²) >= 11 is 0. The molecule has 1 aliphatic carbocycles. The van der Waals surface area contributed by atoms with Crippen LogP contribution in [0.5, 0.6) is 0 Å². The van der Waals surface area contributed by atoms with E-state index in [2.05, 4.69) is 70.1 Å². The van der Waals surface area contributed by atoms with Gasteiger partial charge in [-0.05, 0) is 27.1 Å². The minimum absolute atomic E-state index is 0.0185. The van der Waals surface area contributed by atoms with Gasteiger partial charge in [-0.15, -0.1) is 5.10 Å². The molecule has 20 heavy (non-hydrogen) atoms. The van der Waals surface area contributed by atoms with Crippen molar-refractivity contribution < 1.29 is 0 Å². The van der Waals surface area contributed by atoms with Crippen molar-refractivity contribution in [2.45, 2.75) is 12.5 Å². The molecule has 2 aliphatic rings. The summed E-state index contributed by atoms with van der Waals surface area (Å²) in [5.74, 6) is 0. The van der Waals surface area contributed by atoms with Crippen molar-refractivity contribution in [3.8, 4) is 0 Å². The summed E-state index contributed by atoms with van der Waals surface area (Å²) in [6.07, 6.45) is 7.07. The first kappa shape index (κ1) is 11.3. The van der Waals surface area contributed by atoms with Crippen molar-refractivity contribution >= 4 is 16.5 Å². The molecule has 1 aliphatic heterocycles. The molecule has 0 radical (unpaired) electrons. The second kappa shape index (κ2) is 4.53. The number of nitrogens with zero attached hydrogens (tertiary/aromatic N) is 3. The van der Waals surface area contributed by atoms with Gasteiger partial charge in [0.05, 0.1) is 5.71 Å². The minimum atomic E-state index is 0.0185. The molecule has 4 rings (SSSR count). The first-order valence-corrected chi connectivity index (χ1v) is 6.74. The van der Waals surface area contributed by atoms with Gasteiger partial charge < -0.3 is 0 Å². The maximum atomic E-state index is 4.17. The van der Waals surface area contributed by atoms with Crippen molar-refractivity contribution in [2.24, 2.45) is 15.4 Å². The van der Waals surface area contributed by atoms with Crippen LogP contribution in [0.15, 0.2) is 81.7 Å². The maximum Gasteiger partial charge on any atom is 0.136 e. The van der Waals surface area contributed by atoms with E-state index in [-0.39, 0.29) is 6.04 Å². The first-order chi connectivity index (χ1) is 9.92. The Balaban J connectivity index is 1.75. The molecule has 0 fully saturated rings. The highest BCUT2D eigenvalue weighted by molar-refractivity contribution is 6.07. The summed E-state index contributed by atoms with van der Waals surface area (Å²) in [6, 6.07) is 14.9. The molecular formula is C17H13N3. The third kappa shape index (κ3) is 1.79. The van der Waals surface area contributed by atoms with E-state index in [4.69, 9.17) is 0 Å². The van der Waals surface area contributed by atoms with Crippen molar-refractivity contribution in [3.05, 3.63) is 71.8 Å². The Kier molecular flexibility index (Phi) is 2.56. The lowest BCUT2D eigenvalue weighted by Gasteiger charge is -2.14. The van der Waals surface area contributed by atoms with E-state index in [9.17, 15) is 0 Å². The standard InChI is InChI=1S/C17H13N3/c1-2-9-15-12(5-1)6-3-7-13(15)11-14-8-4-10-16-17(14)19-20-18-16/h1-10,16H,11H2. The lowest BCUT2D eigenvalue weighted by molar-refractivity contribution is 0.970. The third-order valence-electron chi connectivity index (χ3n) is 3.79. The van der Waals surface area contributed by atoms with Gasteiger partial charge in [0.25, 0.3) is 0 Å². The van der Waals surface area contributed by atoms with Gasteiger partial charge in [0.15, 0.2) is 0 Å². The van der Waals surface area contributed by atoms with Gasteiger partial charge in [0.2, 0.25) is 0 Å². The molecule has 1 unspecified atom stereocenters. The molecule has 0 aromatic heterocycles. The van der Waals surface area contributed by atoms with Crippen LogP contribution in [0.3, 0.4) is 0 Å². The minimum Gasteiger partial charge on any atom is -0.155 e. The van der Waals surface area contributed by atoms with Crippen LogP contribution in [0, 0.1) is 0 Å². The predicted molar refractivity (Wildman–Crippen MR) is 81.0 cm³/mol. The molecule has 3 nitrogen and oxygen atoms in total. The van der Waals surface area contributed by atoms with Crippen LogP contribution in [-0.2, 0) is 6.42 Å². The Morgan fingerprint density at radius 1 is 1.00 bits per heavy atom. The monoisotopic (exact) mass is 259 g/mol. The van der Waals surface area contributed by atoms with Gasteiger partial charge in [-0.2, -0.15) is 5.11 Å². The van der Waals surface area contributed by atoms with Crippen LogP contribution in [0.2, 0.25) is 0 Å². The van der Waals surface area contributed by atoms with Crippen LogP contribution in [0.1, 0.15) is 5.56 Å². The molecule has 0 N–H and O–H groups in total. The van der Waals surface area contributed by atoms with Gasteiger partial charge in [0, 0.05) is 6.42 Å². The largest absolute Gasteiger partial charge is 0.155 e. The molecule has 0 saturated carbocycles. The van der Waals surface area contributed by atoms with Crippen molar-refractivity contribution in [1.29, 1.82) is 0 Å². The van der Waals surface area contributed by atoms with Crippen LogP contribution in [-0.4, -0.2) is 11.8 Å². The molecule has 1 atom stereocenters. The van der Waals surface area contributed by atoms with E-state index in [1.54, 1.807) is 0 Å². The molecular weight excluding hydrogens is 246 g/mol. The Bertz CT molecular complexity index is 791. The van der Waals surface area contributed by atoms with Gasteiger partial charge in [0.1, 0.15) is 6.04 Å². The molecule has 96 valence electrons. The lowest BCUT2D eigenvalue weighted by atomic mass is 9.91. The Labute approximate surface area is 117 Å². The highest BCUT2D eigenvalue weighted by Gasteiger charge is 2.23. The molecule has 2 aromatic carbocycles. The Hall–Kier alpha value is -2.55. The summed E-state index contributed by atoms with van der Waals surface area (Å²) in [7, 11) is 0. The average Bonchev–Trinajstić information content (AvgIpc) is 2.97. The molecule has 0 bridgehead atoms. The van der Waals surface area contributed by atoms with E-state index in [0.29, 0.717) is 0 Å². The highest BCUT2D eigenvalue weighted by atomic mass is 15.4. The van der Waals surface area contributed by atoms with Gasteiger partial charge in [-0.25, -0.2) is 0 Å². The molecule has 2 aromatic rings. The number of fused-ring (bicyclic) bond motifs is 2. The number of rotatable bonds is 2. The Morgan fingerprint density at radius 2 is 1.90 bits per heavy atom. The zero-order valence-electron chi connectivity index (χ0n) is 10.9. The Morgan fingerprint density at radius 3 is 2.90 bits per heavy atom. The molecule has 0 spiro atoms. The molecule has 1 heterocycles. The SMILES string of the molecule is C1=CC2N=NN=C2C(Cc2cccc3ccccc23)=C1. The predicted octanol–water partition coefficient (Wildman–Crippen LogP) is 4.07. The first-order valence-electron chi connectivity index (χ1n) is 6.74. The quantitative estimate of drug-likeness (QED) is 0.779. The highest BCUT2D eigenvalue weighted by Crippen LogP contribution is 2.25. The smallest absolute Gasteiger partial charge is 0.136 e. The number of benzene rings is 2. The van der Waals surface area contributed by atoms with Crippen molar-refractivity contribution in [3.63, 3.8) is 0 Å². The fourth-order valence-corrected chi connectivity index (χ4v) is 2.79. The zero-order valence-corrected chi connectivity index (χ0v) is 10.9. The fourth-order valence-electron chi connectivity index (χ4n) is 2.79. The fraction of sp³-hybridized carbons (Fsp3) is 0.118. The lowest BCUT2D eigenvalue weighted by Crippen LogP contribution is -2.19. The number of hydrogen-bond donors (Lipinski definition) is 0. The summed E-state index contributed by atoms with van der Waals surface area (Å²) in [4.78, 5) is 0. The van der Waals surface area contributed by atoms with Crippen LogP contribution < -0.4 is 0 Å². The van der Waals surface area contributed by atoms with E-state index in [1.807, 2.05) is 6.08 Å². The molecule has 3 heteroatoms. The third-order valence-corrected chi connectivity index (χ3v) is 3.79. The van der Waals surface area contributed by atoms with E-state index in [0.717, 1.165) is 12.1 Å². The number of allylic oxidation sites excluding steroid dienone is 2. The topological polar surface area (TPSA) is 37.1 Å². The van der Waals surface area contributed by atoms with Crippen molar-refractivity contribution in [1.82, 2.24) is 0 Å². The second-order valence-corrected chi connectivity index (χ2v) is 5.03.